The van der Waals surface area contributed by atoms with Gasteiger partial charge in [-0.25, -0.2) is 0 Å². The molecule has 1 atom stereocenters. The first kappa shape index (κ1) is 17.7. The van der Waals surface area contributed by atoms with Gasteiger partial charge >= 0.3 is 0 Å². The number of oxime groups is 1. The van der Waals surface area contributed by atoms with Gasteiger partial charge in [0.15, 0.2) is 0 Å². The van der Waals surface area contributed by atoms with E-state index in [0.29, 0.717) is 26.2 Å². The molecule has 5 nitrogen and oxygen atoms in total. The van der Waals surface area contributed by atoms with Gasteiger partial charge in [-0.2, -0.15) is 0 Å². The molecule has 0 saturated carbocycles. The molecule has 0 aromatic heterocycles. The highest BCUT2D eigenvalue weighted by Gasteiger charge is 2.43. The quantitative estimate of drug-likeness (QED) is 0.809. The maximum absolute atomic E-state index is 12.7. The molecule has 0 radical (unpaired) electrons. The molecule has 5 heteroatoms. The molecule has 0 bridgehead atoms. The van der Waals surface area contributed by atoms with Gasteiger partial charge in [0, 0.05) is 32.6 Å². The van der Waals surface area contributed by atoms with Crippen LogP contribution in [0.15, 0.2) is 42.1 Å². The van der Waals surface area contributed by atoms with Gasteiger partial charge < -0.3 is 14.9 Å². The summed E-state index contributed by atoms with van der Waals surface area (Å²) in [5.41, 5.74) is 2.83. The summed E-state index contributed by atoms with van der Waals surface area (Å²) in [5.74, 6) is 0.0723. The highest BCUT2D eigenvalue weighted by molar-refractivity contribution is 6.01. The van der Waals surface area contributed by atoms with Gasteiger partial charge in [-0.1, -0.05) is 41.1 Å². The molecule has 2 aliphatic heterocycles. The molecule has 2 aliphatic rings. The van der Waals surface area contributed by atoms with Gasteiger partial charge in [0.1, 0.15) is 6.10 Å². The summed E-state index contributed by atoms with van der Waals surface area (Å²) < 4.78 is 5.48. The van der Waals surface area contributed by atoms with E-state index in [4.69, 9.17) is 9.57 Å². The molecule has 25 heavy (non-hydrogen) atoms. The number of ether oxygens (including phenoxy) is 1. The summed E-state index contributed by atoms with van der Waals surface area (Å²) in [4.78, 5) is 18.4. The summed E-state index contributed by atoms with van der Waals surface area (Å²) in [6.45, 7) is 7.44. The lowest BCUT2D eigenvalue weighted by Crippen LogP contribution is -2.46. The van der Waals surface area contributed by atoms with Crippen LogP contribution in [-0.2, 0) is 14.4 Å². The predicted molar refractivity (Wildman–Crippen MR) is 97.5 cm³/mol. The van der Waals surface area contributed by atoms with Crippen LogP contribution < -0.4 is 5.32 Å². The van der Waals surface area contributed by atoms with Crippen molar-refractivity contribution < 1.29 is 14.4 Å². The molecule has 1 fully saturated rings. The monoisotopic (exact) mass is 342 g/mol. The predicted octanol–water partition coefficient (Wildman–Crippen LogP) is 2.98. The lowest BCUT2D eigenvalue weighted by molar-refractivity contribution is -0.139. The van der Waals surface area contributed by atoms with Crippen molar-refractivity contribution in [2.45, 2.75) is 38.7 Å². The van der Waals surface area contributed by atoms with E-state index in [0.717, 1.165) is 30.5 Å². The fourth-order valence-electron chi connectivity index (χ4n) is 3.53. The second kappa shape index (κ2) is 7.83. The lowest BCUT2D eigenvalue weighted by atomic mass is 9.74. The Kier molecular flexibility index (Phi) is 5.53. The highest BCUT2D eigenvalue weighted by atomic mass is 16.6. The minimum absolute atomic E-state index is 0.0658. The van der Waals surface area contributed by atoms with Crippen molar-refractivity contribution in [2.75, 3.05) is 19.8 Å². The molecular formula is C20H26N2O3. The third kappa shape index (κ3) is 4.10. The number of nitrogens with zero attached hydrogens (tertiary/aromatic N) is 1. The third-order valence-corrected chi connectivity index (χ3v) is 5.07. The van der Waals surface area contributed by atoms with Crippen molar-refractivity contribution in [3.8, 4) is 0 Å². The van der Waals surface area contributed by atoms with Gasteiger partial charge in [0.05, 0.1) is 11.1 Å². The fraction of sp³-hybridized carbons (Fsp3) is 0.500. The Morgan fingerprint density at radius 1 is 1.36 bits per heavy atom. The molecule has 1 saturated heterocycles. The Balaban J connectivity index is 1.66. The van der Waals surface area contributed by atoms with E-state index in [9.17, 15) is 4.79 Å². The standard InChI is InChI=1S/C20H26N2O3/c1-3-10-21-19(23)20(8-11-24-12-9-20)14-17-13-18(22-25-17)16-6-4-15(2)5-7-16/h3-7,17H,1,8-14H2,2H3,(H,21,23)/t17-/m1/s1. The summed E-state index contributed by atoms with van der Waals surface area (Å²) in [6.07, 6.45) is 4.48. The molecule has 1 aromatic carbocycles. The molecule has 1 amide bonds. The van der Waals surface area contributed by atoms with Crippen LogP contribution in [-0.4, -0.2) is 37.5 Å². The topological polar surface area (TPSA) is 59.9 Å². The van der Waals surface area contributed by atoms with Crippen molar-refractivity contribution in [1.29, 1.82) is 0 Å². The van der Waals surface area contributed by atoms with Crippen LogP contribution in [0, 0.1) is 12.3 Å². The number of nitrogens with one attached hydrogen (secondary N) is 1. The van der Waals surface area contributed by atoms with E-state index >= 15 is 0 Å². The van der Waals surface area contributed by atoms with E-state index in [-0.39, 0.29) is 12.0 Å². The van der Waals surface area contributed by atoms with Gasteiger partial charge in [-0.3, -0.25) is 4.79 Å². The van der Waals surface area contributed by atoms with Crippen LogP contribution in [0.4, 0.5) is 0 Å². The van der Waals surface area contributed by atoms with Crippen molar-refractivity contribution in [3.05, 3.63) is 48.0 Å². The fourth-order valence-corrected chi connectivity index (χ4v) is 3.53. The van der Waals surface area contributed by atoms with Crippen LogP contribution in [0.25, 0.3) is 0 Å². The second-order valence-corrected chi connectivity index (χ2v) is 6.93. The van der Waals surface area contributed by atoms with E-state index in [1.54, 1.807) is 6.08 Å². The molecule has 1 aromatic rings. The number of carbonyl (C=O) groups is 1. The zero-order valence-corrected chi connectivity index (χ0v) is 14.8. The van der Waals surface area contributed by atoms with Crippen LogP contribution in [0.1, 0.15) is 36.8 Å². The average molecular weight is 342 g/mol. The number of hydrogen-bond donors (Lipinski definition) is 1. The second-order valence-electron chi connectivity index (χ2n) is 6.93. The van der Waals surface area contributed by atoms with E-state index in [1.165, 1.54) is 5.56 Å². The van der Waals surface area contributed by atoms with Gasteiger partial charge in [0.2, 0.25) is 5.91 Å². The van der Waals surface area contributed by atoms with Crippen LogP contribution >= 0.6 is 0 Å². The van der Waals surface area contributed by atoms with Crippen molar-refractivity contribution in [3.63, 3.8) is 0 Å². The molecule has 1 N–H and O–H groups in total. The minimum Gasteiger partial charge on any atom is -0.392 e. The maximum Gasteiger partial charge on any atom is 0.226 e. The minimum atomic E-state index is -0.440. The molecular weight excluding hydrogens is 316 g/mol. The molecule has 0 unspecified atom stereocenters. The Morgan fingerprint density at radius 2 is 2.08 bits per heavy atom. The van der Waals surface area contributed by atoms with Crippen LogP contribution in [0.2, 0.25) is 0 Å². The smallest absolute Gasteiger partial charge is 0.226 e. The first-order valence-corrected chi connectivity index (χ1v) is 8.90. The lowest BCUT2D eigenvalue weighted by Gasteiger charge is -2.36. The van der Waals surface area contributed by atoms with E-state index in [2.05, 4.69) is 48.2 Å². The molecule has 0 spiro atoms. The SMILES string of the molecule is C=CCNC(=O)C1(C[C@H]2CC(c3ccc(C)cc3)=NO2)CCOCC1. The summed E-state index contributed by atoms with van der Waals surface area (Å²) in [6, 6.07) is 8.30. The average Bonchev–Trinajstić information content (AvgIpc) is 3.09. The van der Waals surface area contributed by atoms with Crippen molar-refractivity contribution in [2.24, 2.45) is 10.6 Å². The molecule has 3 rings (SSSR count). The number of hydrogen-bond acceptors (Lipinski definition) is 4. The first-order chi connectivity index (χ1) is 12.1. The van der Waals surface area contributed by atoms with Gasteiger partial charge in [-0.15, -0.1) is 6.58 Å². The van der Waals surface area contributed by atoms with Crippen LogP contribution in [0.3, 0.4) is 0 Å². The summed E-state index contributed by atoms with van der Waals surface area (Å²) >= 11 is 0. The van der Waals surface area contributed by atoms with Gasteiger partial charge in [-0.05, 0) is 25.3 Å². The highest BCUT2D eigenvalue weighted by Crippen LogP contribution is 2.38. The normalized spacial score (nSPS) is 22.0. The number of carbonyl (C=O) groups excluding carboxylic acids is 1. The Bertz CT molecular complexity index is 645. The maximum atomic E-state index is 12.7. The Morgan fingerprint density at radius 3 is 2.76 bits per heavy atom. The van der Waals surface area contributed by atoms with Crippen LogP contribution in [0.5, 0.6) is 0 Å². The zero-order chi connectivity index (χ0) is 17.7. The number of aryl methyl sites for hydroxylation is 1. The first-order valence-electron chi connectivity index (χ1n) is 8.90. The van der Waals surface area contributed by atoms with Gasteiger partial charge in [0.25, 0.3) is 0 Å². The molecule has 134 valence electrons. The largest absolute Gasteiger partial charge is 0.392 e. The van der Waals surface area contributed by atoms with E-state index < -0.39 is 5.41 Å². The Hall–Kier alpha value is -2.14. The zero-order valence-electron chi connectivity index (χ0n) is 14.8. The van der Waals surface area contributed by atoms with Crippen molar-refractivity contribution in [1.82, 2.24) is 5.32 Å². The Labute approximate surface area is 149 Å². The molecule has 0 aliphatic carbocycles. The summed E-state index contributed by atoms with van der Waals surface area (Å²) in [5, 5.41) is 7.23. The number of rotatable bonds is 6. The number of amides is 1. The molecule has 2 heterocycles. The number of benzene rings is 1. The van der Waals surface area contributed by atoms with E-state index in [1.807, 2.05) is 0 Å². The third-order valence-electron chi connectivity index (χ3n) is 5.07. The van der Waals surface area contributed by atoms with Crippen molar-refractivity contribution >= 4 is 11.6 Å². The summed E-state index contributed by atoms with van der Waals surface area (Å²) in [7, 11) is 0.